The van der Waals surface area contributed by atoms with Crippen LogP contribution in [0.2, 0.25) is 0 Å². The summed E-state index contributed by atoms with van der Waals surface area (Å²) in [4.78, 5) is 20.3. The zero-order valence-electron chi connectivity index (χ0n) is 7.60. The van der Waals surface area contributed by atoms with Gasteiger partial charge in [-0.15, -0.1) is 11.3 Å². The summed E-state index contributed by atoms with van der Waals surface area (Å²) in [5, 5.41) is 0. The molecular formula is C10H8N2OS. The maximum atomic E-state index is 11.8. The highest BCUT2D eigenvalue weighted by Gasteiger charge is 2.10. The van der Waals surface area contributed by atoms with Crippen molar-refractivity contribution in [1.29, 1.82) is 0 Å². The summed E-state index contributed by atoms with van der Waals surface area (Å²) in [5.74, 6) is -0.0105. The summed E-state index contributed by atoms with van der Waals surface area (Å²) in [6.07, 6.45) is 4.88. The number of aromatic nitrogens is 2. The van der Waals surface area contributed by atoms with Gasteiger partial charge in [0.05, 0.1) is 10.4 Å². The van der Waals surface area contributed by atoms with Gasteiger partial charge >= 0.3 is 0 Å². The molecule has 0 bridgehead atoms. The van der Waals surface area contributed by atoms with E-state index in [0.29, 0.717) is 10.4 Å². The second-order valence-electron chi connectivity index (χ2n) is 2.95. The highest BCUT2D eigenvalue weighted by Crippen LogP contribution is 2.13. The lowest BCUT2D eigenvalue weighted by Crippen LogP contribution is -1.99. The molecule has 0 atom stereocenters. The highest BCUT2D eigenvalue weighted by molar-refractivity contribution is 7.11. The summed E-state index contributed by atoms with van der Waals surface area (Å²) in [7, 11) is 0. The van der Waals surface area contributed by atoms with Gasteiger partial charge < -0.3 is 0 Å². The van der Waals surface area contributed by atoms with Crippen LogP contribution in [0, 0.1) is 6.92 Å². The van der Waals surface area contributed by atoms with Crippen LogP contribution in [-0.2, 0) is 0 Å². The third-order valence-electron chi connectivity index (χ3n) is 1.79. The molecule has 2 rings (SSSR count). The number of hydrogen-bond donors (Lipinski definition) is 0. The van der Waals surface area contributed by atoms with Crippen molar-refractivity contribution in [1.82, 2.24) is 9.97 Å². The standard InChI is InChI=1S/C10H8N2OS/c1-7-2-8(4-11-3-7)10(13)9-5-12-6-14-9/h2-6H,1H3. The van der Waals surface area contributed by atoms with Gasteiger partial charge in [0.25, 0.3) is 0 Å². The minimum absolute atomic E-state index is 0.0105. The summed E-state index contributed by atoms with van der Waals surface area (Å²) in [6, 6.07) is 1.83. The number of carbonyl (C=O) groups excluding carboxylic acids is 1. The van der Waals surface area contributed by atoms with E-state index in [1.165, 1.54) is 11.3 Å². The van der Waals surface area contributed by atoms with Gasteiger partial charge in [0.15, 0.2) is 0 Å². The van der Waals surface area contributed by atoms with Crippen LogP contribution in [-0.4, -0.2) is 15.8 Å². The Bertz CT molecular complexity index is 451. The molecule has 0 aromatic carbocycles. The van der Waals surface area contributed by atoms with Gasteiger partial charge in [0, 0.05) is 24.2 Å². The minimum Gasteiger partial charge on any atom is -0.288 e. The Morgan fingerprint density at radius 2 is 2.14 bits per heavy atom. The van der Waals surface area contributed by atoms with E-state index in [2.05, 4.69) is 9.97 Å². The van der Waals surface area contributed by atoms with E-state index < -0.39 is 0 Å². The smallest absolute Gasteiger partial charge is 0.206 e. The fraction of sp³-hybridized carbons (Fsp3) is 0.100. The third-order valence-corrected chi connectivity index (χ3v) is 2.57. The molecule has 0 unspecified atom stereocenters. The molecule has 2 aromatic heterocycles. The van der Waals surface area contributed by atoms with Crippen LogP contribution in [0.1, 0.15) is 20.8 Å². The number of rotatable bonds is 2. The number of thiazole rings is 1. The average molecular weight is 204 g/mol. The summed E-state index contributed by atoms with van der Waals surface area (Å²) in [6.45, 7) is 1.91. The normalized spacial score (nSPS) is 10.1. The van der Waals surface area contributed by atoms with Crippen molar-refractivity contribution in [3.63, 3.8) is 0 Å². The lowest BCUT2D eigenvalue weighted by molar-refractivity contribution is 0.104. The fourth-order valence-corrected chi connectivity index (χ4v) is 1.73. The fourth-order valence-electron chi connectivity index (χ4n) is 1.15. The third kappa shape index (κ3) is 1.70. The van der Waals surface area contributed by atoms with Crippen molar-refractivity contribution in [2.24, 2.45) is 0 Å². The van der Waals surface area contributed by atoms with Crippen LogP contribution in [0.25, 0.3) is 0 Å². The highest BCUT2D eigenvalue weighted by atomic mass is 32.1. The van der Waals surface area contributed by atoms with E-state index in [1.807, 2.05) is 13.0 Å². The molecule has 14 heavy (non-hydrogen) atoms. The molecule has 0 fully saturated rings. The molecule has 0 saturated carbocycles. The molecule has 0 saturated heterocycles. The molecule has 0 spiro atoms. The number of carbonyl (C=O) groups is 1. The Kier molecular flexibility index (Phi) is 2.37. The predicted molar refractivity (Wildman–Crippen MR) is 54.5 cm³/mol. The molecule has 4 heteroatoms. The van der Waals surface area contributed by atoms with E-state index in [-0.39, 0.29) is 5.78 Å². The maximum absolute atomic E-state index is 11.8. The molecule has 0 N–H and O–H groups in total. The van der Waals surface area contributed by atoms with Gasteiger partial charge in [-0.05, 0) is 18.6 Å². The van der Waals surface area contributed by atoms with Gasteiger partial charge in [-0.2, -0.15) is 0 Å². The molecule has 0 aliphatic carbocycles. The summed E-state index contributed by atoms with van der Waals surface area (Å²) >= 11 is 1.34. The Labute approximate surface area is 85.5 Å². The molecule has 0 amide bonds. The zero-order valence-corrected chi connectivity index (χ0v) is 8.41. The number of hydrogen-bond acceptors (Lipinski definition) is 4. The number of nitrogens with zero attached hydrogens (tertiary/aromatic N) is 2. The van der Waals surface area contributed by atoms with E-state index >= 15 is 0 Å². The van der Waals surface area contributed by atoms with Gasteiger partial charge in [-0.3, -0.25) is 14.8 Å². The lowest BCUT2D eigenvalue weighted by Gasteiger charge is -1.97. The lowest BCUT2D eigenvalue weighted by atomic mass is 10.1. The summed E-state index contributed by atoms with van der Waals surface area (Å²) in [5.41, 5.74) is 3.26. The van der Waals surface area contributed by atoms with Crippen LogP contribution in [0.3, 0.4) is 0 Å². The maximum Gasteiger partial charge on any atom is 0.206 e. The van der Waals surface area contributed by atoms with Crippen LogP contribution in [0.5, 0.6) is 0 Å². The SMILES string of the molecule is Cc1cncc(C(=O)c2cncs2)c1. The van der Waals surface area contributed by atoms with Gasteiger partial charge in [0.1, 0.15) is 0 Å². The second kappa shape index (κ2) is 3.67. The van der Waals surface area contributed by atoms with E-state index in [4.69, 9.17) is 0 Å². The minimum atomic E-state index is -0.0105. The topological polar surface area (TPSA) is 42.9 Å². The Balaban J connectivity index is 2.37. The number of pyridine rings is 1. The van der Waals surface area contributed by atoms with Gasteiger partial charge in [-0.25, -0.2) is 0 Å². The monoisotopic (exact) mass is 204 g/mol. The first-order valence-electron chi connectivity index (χ1n) is 4.12. The van der Waals surface area contributed by atoms with E-state index in [1.54, 1.807) is 24.1 Å². The molecule has 0 aliphatic heterocycles. The van der Waals surface area contributed by atoms with E-state index in [9.17, 15) is 4.79 Å². The molecule has 0 radical (unpaired) electrons. The first-order valence-corrected chi connectivity index (χ1v) is 5.00. The van der Waals surface area contributed by atoms with Crippen molar-refractivity contribution in [3.8, 4) is 0 Å². The Morgan fingerprint density at radius 1 is 1.29 bits per heavy atom. The molecule has 0 aliphatic rings. The van der Waals surface area contributed by atoms with Crippen molar-refractivity contribution in [3.05, 3.63) is 46.2 Å². The first kappa shape index (κ1) is 9.02. The second-order valence-corrected chi connectivity index (χ2v) is 3.83. The molecule has 2 heterocycles. The Morgan fingerprint density at radius 3 is 2.79 bits per heavy atom. The van der Waals surface area contributed by atoms with Crippen molar-refractivity contribution in [2.75, 3.05) is 0 Å². The predicted octanol–water partition coefficient (Wildman–Crippen LogP) is 2.08. The van der Waals surface area contributed by atoms with Crippen molar-refractivity contribution in [2.45, 2.75) is 6.92 Å². The summed E-state index contributed by atoms with van der Waals surface area (Å²) < 4.78 is 0. The molecule has 3 nitrogen and oxygen atoms in total. The quantitative estimate of drug-likeness (QED) is 0.703. The van der Waals surface area contributed by atoms with Crippen LogP contribution < -0.4 is 0 Å². The molecular weight excluding hydrogens is 196 g/mol. The largest absolute Gasteiger partial charge is 0.288 e. The average Bonchev–Trinajstić information content (AvgIpc) is 2.69. The Hall–Kier alpha value is -1.55. The van der Waals surface area contributed by atoms with Crippen LogP contribution >= 0.6 is 11.3 Å². The number of ketones is 1. The van der Waals surface area contributed by atoms with Crippen molar-refractivity contribution < 1.29 is 4.79 Å². The number of aryl methyl sites for hydroxylation is 1. The van der Waals surface area contributed by atoms with E-state index in [0.717, 1.165) is 5.56 Å². The zero-order chi connectivity index (χ0) is 9.97. The van der Waals surface area contributed by atoms with Crippen molar-refractivity contribution >= 4 is 17.1 Å². The van der Waals surface area contributed by atoms with Gasteiger partial charge in [-0.1, -0.05) is 0 Å². The van der Waals surface area contributed by atoms with Crippen LogP contribution in [0.4, 0.5) is 0 Å². The first-order chi connectivity index (χ1) is 6.77. The van der Waals surface area contributed by atoms with Gasteiger partial charge in [0.2, 0.25) is 5.78 Å². The molecule has 2 aromatic rings. The van der Waals surface area contributed by atoms with Crippen LogP contribution in [0.15, 0.2) is 30.2 Å². The molecule has 70 valence electrons.